The van der Waals surface area contributed by atoms with Gasteiger partial charge < -0.3 is 18.3 Å². The van der Waals surface area contributed by atoms with E-state index >= 15 is 0 Å². The zero-order chi connectivity index (χ0) is 42.1. The molecule has 0 fully saturated rings. The predicted molar refractivity (Wildman–Crippen MR) is 266 cm³/mol. The minimum absolute atomic E-state index is 0.838. The molecule has 0 aliphatic carbocycles. The molecule has 0 saturated carbocycles. The second-order valence-electron chi connectivity index (χ2n) is 16.5. The van der Waals surface area contributed by atoms with E-state index < -0.39 is 0 Å². The molecule has 3 heterocycles. The standard InChI is InChI=1S/C60H38N2O2/c1-3-13-39(14-4-1)40-25-31-45(32-26-40)61(46-33-27-41(28-34-46)47-19-11-20-50-49-18-8-10-23-56(49)64-60(47)50)55-22-12-24-58-59(55)52-38-43(30-36-57(52)63-58)42-29-35-54-51(37-42)48-17-7-9-21-53(48)62(54)44-15-5-2-6-16-44/h1-38H. The van der Waals surface area contributed by atoms with Gasteiger partial charge in [-0.2, -0.15) is 0 Å². The summed E-state index contributed by atoms with van der Waals surface area (Å²) in [6.45, 7) is 0. The summed E-state index contributed by atoms with van der Waals surface area (Å²) >= 11 is 0. The number of nitrogens with zero attached hydrogens (tertiary/aromatic N) is 2. The molecule has 3 aromatic heterocycles. The van der Waals surface area contributed by atoms with Gasteiger partial charge in [0.1, 0.15) is 22.3 Å². The van der Waals surface area contributed by atoms with Crippen molar-refractivity contribution in [2.24, 2.45) is 0 Å². The molecule has 13 rings (SSSR count). The lowest BCUT2D eigenvalue weighted by Gasteiger charge is -2.26. The Morgan fingerprint density at radius 1 is 0.328 bits per heavy atom. The van der Waals surface area contributed by atoms with Crippen molar-refractivity contribution < 1.29 is 8.83 Å². The van der Waals surface area contributed by atoms with E-state index in [1.165, 1.54) is 32.9 Å². The summed E-state index contributed by atoms with van der Waals surface area (Å²) in [7, 11) is 0. The van der Waals surface area contributed by atoms with Gasteiger partial charge in [0.2, 0.25) is 0 Å². The van der Waals surface area contributed by atoms with Crippen LogP contribution in [0.15, 0.2) is 239 Å². The van der Waals surface area contributed by atoms with E-state index in [0.29, 0.717) is 0 Å². The van der Waals surface area contributed by atoms with Gasteiger partial charge in [0.25, 0.3) is 0 Å². The van der Waals surface area contributed by atoms with Crippen LogP contribution in [0.4, 0.5) is 17.1 Å². The Morgan fingerprint density at radius 3 is 1.69 bits per heavy atom. The van der Waals surface area contributed by atoms with Crippen LogP contribution in [0.1, 0.15) is 0 Å². The summed E-state index contributed by atoms with van der Waals surface area (Å²) < 4.78 is 15.5. The van der Waals surface area contributed by atoms with E-state index in [1.54, 1.807) is 0 Å². The average Bonchev–Trinajstić information content (AvgIpc) is 4.05. The van der Waals surface area contributed by atoms with Crippen molar-refractivity contribution >= 4 is 82.7 Å². The molecule has 0 aliphatic rings. The minimum Gasteiger partial charge on any atom is -0.456 e. The minimum atomic E-state index is 0.838. The highest BCUT2D eigenvalue weighted by Crippen LogP contribution is 2.45. The van der Waals surface area contributed by atoms with Crippen LogP contribution in [0.2, 0.25) is 0 Å². The molecule has 0 amide bonds. The van der Waals surface area contributed by atoms with Crippen LogP contribution in [-0.2, 0) is 0 Å². The van der Waals surface area contributed by atoms with Gasteiger partial charge in [0.05, 0.1) is 22.1 Å². The number of benzene rings is 10. The first-order valence-electron chi connectivity index (χ1n) is 21.7. The van der Waals surface area contributed by atoms with Gasteiger partial charge in [0, 0.05) is 49.6 Å². The smallest absolute Gasteiger partial charge is 0.143 e. The molecule has 0 aliphatic heterocycles. The molecule has 0 spiro atoms. The lowest BCUT2D eigenvalue weighted by molar-refractivity contribution is 0.669. The Labute approximate surface area is 369 Å². The number of fused-ring (bicyclic) bond motifs is 9. The molecule has 0 atom stereocenters. The van der Waals surface area contributed by atoms with Gasteiger partial charge in [-0.15, -0.1) is 0 Å². The van der Waals surface area contributed by atoms with Crippen LogP contribution in [0.25, 0.3) is 105 Å². The van der Waals surface area contributed by atoms with E-state index in [9.17, 15) is 0 Å². The van der Waals surface area contributed by atoms with Gasteiger partial charge in [-0.05, 0) is 113 Å². The van der Waals surface area contributed by atoms with Crippen LogP contribution in [0.5, 0.6) is 0 Å². The molecule has 0 bridgehead atoms. The molecule has 0 saturated heterocycles. The molecule has 300 valence electrons. The SMILES string of the molecule is c1ccc(-c2ccc(N(c3ccc(-c4cccc5c4oc4ccccc45)cc3)c3cccc4oc5ccc(-c6ccc7c(c6)c6ccccc6n7-c6ccccc6)cc5c34)cc2)cc1. The Hall–Kier alpha value is -8.60. The van der Waals surface area contributed by atoms with Crippen LogP contribution < -0.4 is 4.90 Å². The zero-order valence-corrected chi connectivity index (χ0v) is 34.7. The molecule has 64 heavy (non-hydrogen) atoms. The van der Waals surface area contributed by atoms with Crippen molar-refractivity contribution in [3.05, 3.63) is 231 Å². The summed E-state index contributed by atoms with van der Waals surface area (Å²) in [6.07, 6.45) is 0. The topological polar surface area (TPSA) is 34.5 Å². The fraction of sp³-hybridized carbons (Fsp3) is 0. The maximum absolute atomic E-state index is 6.67. The van der Waals surface area contributed by atoms with E-state index in [0.717, 1.165) is 88.9 Å². The molecule has 4 nitrogen and oxygen atoms in total. The molecular weight excluding hydrogens is 781 g/mol. The zero-order valence-electron chi connectivity index (χ0n) is 34.7. The third kappa shape index (κ3) is 5.77. The van der Waals surface area contributed by atoms with Crippen molar-refractivity contribution in [2.45, 2.75) is 0 Å². The molecule has 13 aromatic rings. The molecule has 4 heteroatoms. The number of aromatic nitrogens is 1. The first-order chi connectivity index (χ1) is 31.7. The van der Waals surface area contributed by atoms with Crippen LogP contribution >= 0.6 is 0 Å². The Kier molecular flexibility index (Phi) is 8.18. The molecule has 0 N–H and O–H groups in total. The largest absolute Gasteiger partial charge is 0.456 e. The quantitative estimate of drug-likeness (QED) is 0.161. The summed E-state index contributed by atoms with van der Waals surface area (Å²) in [5.74, 6) is 0. The molecule has 0 radical (unpaired) electrons. The van der Waals surface area contributed by atoms with E-state index in [-0.39, 0.29) is 0 Å². The fourth-order valence-corrected chi connectivity index (χ4v) is 9.81. The maximum atomic E-state index is 6.67. The highest BCUT2D eigenvalue weighted by Gasteiger charge is 2.21. The normalized spacial score (nSPS) is 11.8. The summed E-state index contributed by atoms with van der Waals surface area (Å²) in [6, 6.07) is 82.1. The lowest BCUT2D eigenvalue weighted by atomic mass is 9.99. The van der Waals surface area contributed by atoms with E-state index in [1.807, 2.05) is 12.1 Å². The van der Waals surface area contributed by atoms with Crippen molar-refractivity contribution in [1.82, 2.24) is 4.57 Å². The first kappa shape index (κ1) is 36.1. The number of hydrogen-bond acceptors (Lipinski definition) is 3. The number of anilines is 3. The fourth-order valence-electron chi connectivity index (χ4n) is 9.81. The highest BCUT2D eigenvalue weighted by atomic mass is 16.3. The average molecular weight is 819 g/mol. The van der Waals surface area contributed by atoms with Gasteiger partial charge >= 0.3 is 0 Å². The lowest BCUT2D eigenvalue weighted by Crippen LogP contribution is -2.10. The molecular formula is C60H38N2O2. The summed E-state index contributed by atoms with van der Waals surface area (Å²) in [4.78, 5) is 2.36. The van der Waals surface area contributed by atoms with Gasteiger partial charge in [-0.25, -0.2) is 0 Å². The van der Waals surface area contributed by atoms with Crippen molar-refractivity contribution in [1.29, 1.82) is 0 Å². The second-order valence-corrected chi connectivity index (χ2v) is 16.5. The first-order valence-corrected chi connectivity index (χ1v) is 21.7. The van der Waals surface area contributed by atoms with Crippen LogP contribution in [0.3, 0.4) is 0 Å². The number of furan rings is 2. The monoisotopic (exact) mass is 818 g/mol. The number of para-hydroxylation sites is 4. The highest BCUT2D eigenvalue weighted by molar-refractivity contribution is 6.15. The van der Waals surface area contributed by atoms with Crippen LogP contribution in [-0.4, -0.2) is 4.57 Å². The van der Waals surface area contributed by atoms with Gasteiger partial charge in [-0.3, -0.25) is 0 Å². The van der Waals surface area contributed by atoms with Gasteiger partial charge in [0.15, 0.2) is 0 Å². The predicted octanol–water partition coefficient (Wildman–Crippen LogP) is 17.1. The second kappa shape index (κ2) is 14.5. The summed E-state index contributed by atoms with van der Waals surface area (Å²) in [5.41, 5.74) is 16.9. The Bertz CT molecular complexity index is 3880. The van der Waals surface area contributed by atoms with Gasteiger partial charge in [-0.1, -0.05) is 146 Å². The van der Waals surface area contributed by atoms with Crippen molar-refractivity contribution in [2.75, 3.05) is 4.90 Å². The Morgan fingerprint density at radius 2 is 0.891 bits per heavy atom. The Balaban J connectivity index is 0.964. The summed E-state index contributed by atoms with van der Waals surface area (Å²) in [5, 5.41) is 6.82. The van der Waals surface area contributed by atoms with Crippen LogP contribution in [0, 0.1) is 0 Å². The number of hydrogen-bond donors (Lipinski definition) is 0. The van der Waals surface area contributed by atoms with Crippen molar-refractivity contribution in [3.63, 3.8) is 0 Å². The number of rotatable bonds is 7. The maximum Gasteiger partial charge on any atom is 0.143 e. The van der Waals surface area contributed by atoms with Crippen molar-refractivity contribution in [3.8, 4) is 39.1 Å². The van der Waals surface area contributed by atoms with E-state index in [2.05, 4.69) is 228 Å². The molecule has 10 aromatic carbocycles. The third-order valence-corrected chi connectivity index (χ3v) is 12.8. The third-order valence-electron chi connectivity index (χ3n) is 12.8. The molecule has 0 unspecified atom stereocenters. The van der Waals surface area contributed by atoms with E-state index in [4.69, 9.17) is 8.83 Å².